The largest absolute Gasteiger partial charge is 0.416 e. The first kappa shape index (κ1) is 22.6. The minimum atomic E-state index is -4.42. The normalized spacial score (nSPS) is 11.4. The maximum atomic E-state index is 13.1. The van der Waals surface area contributed by atoms with Crippen molar-refractivity contribution < 1.29 is 13.2 Å². The molecule has 0 aromatic heterocycles. The number of benzene rings is 2. The Labute approximate surface area is 176 Å². The molecule has 0 saturated carbocycles. The first-order valence-electron chi connectivity index (χ1n) is 8.96. The molecule has 0 aliphatic heterocycles. The lowest BCUT2D eigenvalue weighted by Crippen LogP contribution is -2.44. The van der Waals surface area contributed by atoms with Gasteiger partial charge in [-0.05, 0) is 71.9 Å². The molecule has 0 amide bonds. The summed E-state index contributed by atoms with van der Waals surface area (Å²) in [5.41, 5.74) is 0.439. The van der Waals surface area contributed by atoms with Gasteiger partial charge < -0.3 is 9.80 Å². The first-order valence-corrected chi connectivity index (χ1v) is 10.7. The lowest BCUT2D eigenvalue weighted by molar-refractivity contribution is -0.137. The number of alkyl halides is 3. The van der Waals surface area contributed by atoms with E-state index < -0.39 is 11.7 Å². The summed E-state index contributed by atoms with van der Waals surface area (Å²) < 4.78 is 40.1. The fraction of sp³-hybridized carbons (Fsp3) is 0.350. The van der Waals surface area contributed by atoms with E-state index in [1.807, 2.05) is 32.0 Å². The number of thioether (sulfide) groups is 1. The van der Waals surface area contributed by atoms with Crippen LogP contribution in [0.2, 0.25) is 0 Å². The van der Waals surface area contributed by atoms with Crippen molar-refractivity contribution >= 4 is 45.0 Å². The fourth-order valence-electron chi connectivity index (χ4n) is 2.84. The molecule has 1 N–H and O–H groups in total. The summed E-state index contributed by atoms with van der Waals surface area (Å²) in [6.07, 6.45) is -4.42. The van der Waals surface area contributed by atoms with E-state index in [0.717, 1.165) is 32.9 Å². The van der Waals surface area contributed by atoms with Gasteiger partial charge >= 0.3 is 6.18 Å². The van der Waals surface area contributed by atoms with Crippen molar-refractivity contribution in [1.29, 1.82) is 5.41 Å². The minimum Gasteiger partial charge on any atom is -0.313 e. The summed E-state index contributed by atoms with van der Waals surface area (Å²) in [4.78, 5) is 4.44. The van der Waals surface area contributed by atoms with E-state index in [4.69, 9.17) is 5.41 Å². The van der Waals surface area contributed by atoms with Gasteiger partial charge in [0.05, 0.1) is 11.3 Å². The Hall–Kier alpha value is -1.67. The zero-order valence-corrected chi connectivity index (χ0v) is 18.4. The number of rotatable bonds is 6. The third-order valence-corrected chi connectivity index (χ3v) is 5.69. The number of guanidine groups is 1. The van der Waals surface area contributed by atoms with Crippen LogP contribution in [0.15, 0.2) is 51.8 Å². The molecule has 152 valence electrons. The molecule has 0 saturated heterocycles. The maximum Gasteiger partial charge on any atom is 0.416 e. The van der Waals surface area contributed by atoms with Crippen molar-refractivity contribution in [3.63, 3.8) is 0 Å². The smallest absolute Gasteiger partial charge is 0.313 e. The lowest BCUT2D eigenvalue weighted by Gasteiger charge is -2.33. The monoisotopic (exact) mass is 473 g/mol. The third-order valence-electron chi connectivity index (χ3n) is 4.15. The number of hydrogen-bond acceptors (Lipinski definition) is 2. The second kappa shape index (κ2) is 9.69. The van der Waals surface area contributed by atoms with Gasteiger partial charge in [-0.2, -0.15) is 13.2 Å². The first-order chi connectivity index (χ1) is 13.2. The standard InChI is InChI=1S/C20H23BrF3N3S/c1-4-26(15-9-7-8-14(12-15)20(22,23)24)19(25)27(5-2)18-13-16(28-6-3)10-11-17(18)21/h7-13,25H,4-6H2,1-3H3. The summed E-state index contributed by atoms with van der Waals surface area (Å²) in [5, 5.41) is 8.72. The average Bonchev–Trinajstić information content (AvgIpc) is 2.65. The van der Waals surface area contributed by atoms with Crippen LogP contribution in [-0.4, -0.2) is 24.8 Å². The van der Waals surface area contributed by atoms with Crippen LogP contribution in [0.3, 0.4) is 0 Å². The predicted molar refractivity (Wildman–Crippen MR) is 116 cm³/mol. The molecule has 2 aromatic carbocycles. The molecule has 8 heteroatoms. The molecule has 0 spiro atoms. The van der Waals surface area contributed by atoms with Gasteiger partial charge in [-0.3, -0.25) is 5.41 Å². The van der Waals surface area contributed by atoms with Gasteiger partial charge in [-0.1, -0.05) is 13.0 Å². The van der Waals surface area contributed by atoms with Gasteiger partial charge in [0.2, 0.25) is 5.96 Å². The van der Waals surface area contributed by atoms with Crippen molar-refractivity contribution in [1.82, 2.24) is 0 Å². The Kier molecular flexibility index (Phi) is 7.83. The molecule has 0 heterocycles. The summed E-state index contributed by atoms with van der Waals surface area (Å²) >= 11 is 5.24. The summed E-state index contributed by atoms with van der Waals surface area (Å²) in [7, 11) is 0. The van der Waals surface area contributed by atoms with E-state index in [1.54, 1.807) is 27.6 Å². The van der Waals surface area contributed by atoms with E-state index in [2.05, 4.69) is 22.9 Å². The zero-order valence-electron chi connectivity index (χ0n) is 16.0. The molecule has 0 aliphatic carbocycles. The highest BCUT2D eigenvalue weighted by Crippen LogP contribution is 2.34. The number of hydrogen-bond donors (Lipinski definition) is 1. The molecule has 0 fully saturated rings. The van der Waals surface area contributed by atoms with Crippen LogP contribution in [0.5, 0.6) is 0 Å². The number of anilines is 2. The fourth-order valence-corrected chi connectivity index (χ4v) is 3.99. The topological polar surface area (TPSA) is 30.3 Å². The van der Waals surface area contributed by atoms with Gasteiger partial charge in [0, 0.05) is 28.1 Å². The molecule has 0 radical (unpaired) electrons. The maximum absolute atomic E-state index is 13.1. The lowest BCUT2D eigenvalue weighted by atomic mass is 10.2. The SMILES string of the molecule is CCSc1ccc(Br)c(N(CC)C(=N)N(CC)c2cccc(C(F)(F)F)c2)c1. The molecule has 0 bridgehead atoms. The minimum absolute atomic E-state index is 0.128. The summed E-state index contributed by atoms with van der Waals surface area (Å²) in [6.45, 7) is 6.69. The van der Waals surface area contributed by atoms with E-state index in [1.165, 1.54) is 6.07 Å². The molecule has 2 rings (SSSR count). The number of nitrogens with zero attached hydrogens (tertiary/aromatic N) is 2. The van der Waals surface area contributed by atoms with E-state index in [-0.39, 0.29) is 5.96 Å². The summed E-state index contributed by atoms with van der Waals surface area (Å²) in [6, 6.07) is 11.0. The number of nitrogens with one attached hydrogen (secondary N) is 1. The average molecular weight is 474 g/mol. The third kappa shape index (κ3) is 5.23. The van der Waals surface area contributed by atoms with Crippen LogP contribution in [-0.2, 0) is 6.18 Å². The molecular weight excluding hydrogens is 451 g/mol. The Balaban J connectivity index is 2.42. The van der Waals surface area contributed by atoms with Crippen LogP contribution in [0, 0.1) is 5.41 Å². The van der Waals surface area contributed by atoms with Crippen molar-refractivity contribution in [3.8, 4) is 0 Å². The highest BCUT2D eigenvalue weighted by atomic mass is 79.9. The second-order valence-electron chi connectivity index (χ2n) is 5.91. The van der Waals surface area contributed by atoms with E-state index in [9.17, 15) is 13.2 Å². The van der Waals surface area contributed by atoms with Gasteiger partial charge in [0.25, 0.3) is 0 Å². The van der Waals surface area contributed by atoms with Crippen LogP contribution in [0.25, 0.3) is 0 Å². The van der Waals surface area contributed by atoms with Crippen LogP contribution < -0.4 is 9.80 Å². The van der Waals surface area contributed by atoms with Crippen molar-refractivity contribution in [2.24, 2.45) is 0 Å². The second-order valence-corrected chi connectivity index (χ2v) is 8.10. The highest BCUT2D eigenvalue weighted by Gasteiger charge is 2.31. The van der Waals surface area contributed by atoms with E-state index in [0.29, 0.717) is 18.8 Å². The Morgan fingerprint density at radius 3 is 2.29 bits per heavy atom. The Bertz CT molecular complexity index is 827. The molecule has 2 aromatic rings. The van der Waals surface area contributed by atoms with Gasteiger partial charge in [-0.15, -0.1) is 11.8 Å². The van der Waals surface area contributed by atoms with Crippen LogP contribution >= 0.6 is 27.7 Å². The van der Waals surface area contributed by atoms with Crippen molar-refractivity contribution in [2.75, 3.05) is 28.6 Å². The Morgan fingerprint density at radius 1 is 1.04 bits per heavy atom. The highest BCUT2D eigenvalue weighted by molar-refractivity contribution is 9.10. The van der Waals surface area contributed by atoms with Crippen molar-refractivity contribution in [2.45, 2.75) is 31.8 Å². The zero-order chi connectivity index (χ0) is 20.9. The molecular formula is C20H23BrF3N3S. The number of halogens is 4. The van der Waals surface area contributed by atoms with Gasteiger partial charge in [0.1, 0.15) is 0 Å². The van der Waals surface area contributed by atoms with Crippen LogP contribution in [0.4, 0.5) is 24.5 Å². The van der Waals surface area contributed by atoms with Crippen molar-refractivity contribution in [3.05, 3.63) is 52.5 Å². The van der Waals surface area contributed by atoms with Gasteiger partial charge in [0.15, 0.2) is 0 Å². The van der Waals surface area contributed by atoms with E-state index >= 15 is 0 Å². The van der Waals surface area contributed by atoms with Gasteiger partial charge in [-0.25, -0.2) is 0 Å². The molecule has 0 atom stereocenters. The van der Waals surface area contributed by atoms with Crippen LogP contribution in [0.1, 0.15) is 26.3 Å². The molecule has 0 aliphatic rings. The Morgan fingerprint density at radius 2 is 1.71 bits per heavy atom. The molecule has 3 nitrogen and oxygen atoms in total. The quantitative estimate of drug-likeness (QED) is 0.282. The molecule has 28 heavy (non-hydrogen) atoms. The summed E-state index contributed by atoms with van der Waals surface area (Å²) in [5.74, 6) is 1.05. The molecule has 0 unspecified atom stereocenters. The predicted octanol–water partition coefficient (Wildman–Crippen LogP) is 6.87.